The molecule has 4 aromatic rings. The number of hydrogen-bond donors (Lipinski definition) is 1. The maximum Gasteiger partial charge on any atom is 0.296 e. The Kier molecular flexibility index (Phi) is 5.88. The lowest BCUT2D eigenvalue weighted by molar-refractivity contribution is -0.113. The summed E-state index contributed by atoms with van der Waals surface area (Å²) < 4.78 is 9.09. The number of carbonyl (C=O) groups is 1. The van der Waals surface area contributed by atoms with Crippen LogP contribution in [-0.4, -0.2) is 20.4 Å². The van der Waals surface area contributed by atoms with Crippen molar-refractivity contribution in [3.8, 4) is 17.2 Å². The van der Waals surface area contributed by atoms with E-state index in [0.29, 0.717) is 27.8 Å². The second-order valence-corrected chi connectivity index (χ2v) is 8.98. The SMILES string of the molecule is Cc1c(N2C(=N)S/C(=C\c3cccc(Oc4ccccc4)c3)C2=O)c(=O)n(-c2ccccc2)n1C. The number of nitrogens with one attached hydrogen (secondary N) is 1. The van der Waals surface area contributed by atoms with Crippen molar-refractivity contribution in [2.45, 2.75) is 6.92 Å². The van der Waals surface area contributed by atoms with Crippen LogP contribution in [0.3, 0.4) is 0 Å². The molecule has 1 aliphatic heterocycles. The molecule has 2 heterocycles. The molecular weight excluding hydrogens is 460 g/mol. The molecule has 3 aromatic carbocycles. The molecule has 0 atom stereocenters. The summed E-state index contributed by atoms with van der Waals surface area (Å²) >= 11 is 1.03. The van der Waals surface area contributed by atoms with Gasteiger partial charge in [-0.2, -0.15) is 0 Å². The van der Waals surface area contributed by atoms with Crippen LogP contribution in [-0.2, 0) is 11.8 Å². The van der Waals surface area contributed by atoms with Gasteiger partial charge in [0.05, 0.1) is 16.3 Å². The first-order valence-electron chi connectivity index (χ1n) is 10.9. The molecule has 1 amide bonds. The second-order valence-electron chi connectivity index (χ2n) is 7.95. The molecule has 1 aromatic heterocycles. The first kappa shape index (κ1) is 22.5. The van der Waals surface area contributed by atoms with Crippen LogP contribution in [0.15, 0.2) is 94.6 Å². The van der Waals surface area contributed by atoms with Crippen molar-refractivity contribution in [1.29, 1.82) is 5.41 Å². The van der Waals surface area contributed by atoms with Gasteiger partial charge in [-0.05, 0) is 66.7 Å². The van der Waals surface area contributed by atoms with Gasteiger partial charge in [0, 0.05) is 7.05 Å². The standard InChI is InChI=1S/C27H22N4O3S/c1-18-24(26(33)31(29(18)2)20-11-5-3-6-12-20)30-25(32)23(35-27(30)28)17-19-10-9-15-22(16-19)34-21-13-7-4-8-14-21/h3-17,28H,1-2H3/b23-17-,28-27?. The number of rotatable bonds is 5. The summed E-state index contributed by atoms with van der Waals surface area (Å²) in [6.07, 6.45) is 1.72. The number of benzene rings is 3. The van der Waals surface area contributed by atoms with Crippen molar-refractivity contribution in [3.05, 3.63) is 111 Å². The first-order chi connectivity index (χ1) is 16.9. The average Bonchev–Trinajstić information content (AvgIpc) is 3.25. The van der Waals surface area contributed by atoms with E-state index in [-0.39, 0.29) is 16.4 Å². The van der Waals surface area contributed by atoms with Crippen LogP contribution < -0.4 is 15.2 Å². The van der Waals surface area contributed by atoms with E-state index in [4.69, 9.17) is 10.1 Å². The molecule has 174 valence electrons. The molecule has 0 saturated carbocycles. The minimum absolute atomic E-state index is 0.0102. The van der Waals surface area contributed by atoms with Crippen molar-refractivity contribution in [3.63, 3.8) is 0 Å². The number of nitrogens with zero attached hydrogens (tertiary/aromatic N) is 3. The topological polar surface area (TPSA) is 80.3 Å². The van der Waals surface area contributed by atoms with Gasteiger partial charge in [0.2, 0.25) is 0 Å². The molecule has 7 nitrogen and oxygen atoms in total. The molecule has 0 radical (unpaired) electrons. The second kappa shape index (κ2) is 9.15. The zero-order valence-electron chi connectivity index (χ0n) is 19.1. The molecule has 0 spiro atoms. The quantitative estimate of drug-likeness (QED) is 0.390. The predicted molar refractivity (Wildman–Crippen MR) is 139 cm³/mol. The van der Waals surface area contributed by atoms with Crippen molar-refractivity contribution in [1.82, 2.24) is 9.36 Å². The van der Waals surface area contributed by atoms with Gasteiger partial charge < -0.3 is 4.74 Å². The fourth-order valence-corrected chi connectivity index (χ4v) is 4.79. The predicted octanol–water partition coefficient (Wildman–Crippen LogP) is 5.33. The highest BCUT2D eigenvalue weighted by Gasteiger charge is 2.37. The maximum atomic E-state index is 13.4. The summed E-state index contributed by atoms with van der Waals surface area (Å²) in [6, 6.07) is 26.0. The van der Waals surface area contributed by atoms with Crippen molar-refractivity contribution < 1.29 is 9.53 Å². The molecule has 0 aliphatic carbocycles. The molecule has 1 aliphatic rings. The minimum atomic E-state index is -0.402. The smallest absolute Gasteiger partial charge is 0.296 e. The maximum absolute atomic E-state index is 13.4. The number of amidine groups is 1. The van der Waals surface area contributed by atoms with Crippen molar-refractivity contribution in [2.75, 3.05) is 4.90 Å². The Morgan fingerprint density at radius 3 is 2.26 bits per heavy atom. The van der Waals surface area contributed by atoms with Gasteiger partial charge in [0.1, 0.15) is 17.2 Å². The van der Waals surface area contributed by atoms with Gasteiger partial charge >= 0.3 is 0 Å². The molecule has 0 unspecified atom stereocenters. The van der Waals surface area contributed by atoms with E-state index >= 15 is 0 Å². The number of anilines is 1. The summed E-state index contributed by atoms with van der Waals surface area (Å²) in [5.41, 5.74) is 1.87. The van der Waals surface area contributed by atoms with Crippen LogP contribution in [0.4, 0.5) is 5.69 Å². The normalized spacial score (nSPS) is 14.7. The minimum Gasteiger partial charge on any atom is -0.457 e. The van der Waals surface area contributed by atoms with Gasteiger partial charge in [-0.25, -0.2) is 9.58 Å². The Morgan fingerprint density at radius 1 is 0.886 bits per heavy atom. The lowest BCUT2D eigenvalue weighted by atomic mass is 10.2. The van der Waals surface area contributed by atoms with Gasteiger partial charge in [0.15, 0.2) is 5.17 Å². The monoisotopic (exact) mass is 482 g/mol. The van der Waals surface area contributed by atoms with Crippen LogP contribution in [0.25, 0.3) is 11.8 Å². The van der Waals surface area contributed by atoms with Crippen molar-refractivity contribution in [2.24, 2.45) is 7.05 Å². The largest absolute Gasteiger partial charge is 0.457 e. The van der Waals surface area contributed by atoms with E-state index in [9.17, 15) is 9.59 Å². The average molecular weight is 483 g/mol. The van der Waals surface area contributed by atoms with E-state index < -0.39 is 5.91 Å². The van der Waals surface area contributed by atoms with Gasteiger partial charge in [-0.15, -0.1) is 0 Å². The molecule has 1 saturated heterocycles. The molecule has 5 rings (SSSR count). The third-order valence-electron chi connectivity index (χ3n) is 5.71. The van der Waals surface area contributed by atoms with E-state index in [1.165, 1.54) is 9.58 Å². The summed E-state index contributed by atoms with van der Waals surface area (Å²) in [7, 11) is 1.76. The lowest BCUT2D eigenvalue weighted by Crippen LogP contribution is -2.33. The van der Waals surface area contributed by atoms with E-state index in [1.807, 2.05) is 84.9 Å². The Morgan fingerprint density at radius 2 is 1.54 bits per heavy atom. The molecule has 1 fully saturated rings. The molecule has 0 bridgehead atoms. The summed E-state index contributed by atoms with van der Waals surface area (Å²) in [5.74, 6) is 0.948. The Balaban J connectivity index is 1.47. The van der Waals surface area contributed by atoms with Gasteiger partial charge in [-0.1, -0.05) is 48.5 Å². The number of carbonyl (C=O) groups excluding carboxylic acids is 1. The zero-order valence-corrected chi connectivity index (χ0v) is 20.0. The van der Waals surface area contributed by atoms with E-state index in [0.717, 1.165) is 17.3 Å². The Hall–Kier alpha value is -4.30. The highest BCUT2D eigenvalue weighted by molar-refractivity contribution is 8.19. The van der Waals surface area contributed by atoms with Crippen LogP contribution in [0, 0.1) is 12.3 Å². The molecule has 8 heteroatoms. The summed E-state index contributed by atoms with van der Waals surface area (Å²) in [5, 5.41) is 8.47. The molecule has 1 N–H and O–H groups in total. The van der Waals surface area contributed by atoms with Crippen LogP contribution in [0.1, 0.15) is 11.3 Å². The van der Waals surface area contributed by atoms with Crippen molar-refractivity contribution >= 4 is 34.6 Å². The fraction of sp³-hybridized carbons (Fsp3) is 0.0741. The first-order valence-corrected chi connectivity index (χ1v) is 11.8. The van der Waals surface area contributed by atoms with Crippen LogP contribution >= 0.6 is 11.8 Å². The Labute approximate surface area is 206 Å². The lowest BCUT2D eigenvalue weighted by Gasteiger charge is -2.12. The number of para-hydroxylation sites is 2. The molecule has 35 heavy (non-hydrogen) atoms. The highest BCUT2D eigenvalue weighted by atomic mass is 32.2. The van der Waals surface area contributed by atoms with Crippen LogP contribution in [0.2, 0.25) is 0 Å². The van der Waals surface area contributed by atoms with Gasteiger partial charge in [-0.3, -0.25) is 19.7 Å². The summed E-state index contributed by atoms with van der Waals surface area (Å²) in [4.78, 5) is 28.3. The van der Waals surface area contributed by atoms with Gasteiger partial charge in [0.25, 0.3) is 11.5 Å². The number of hydrogen-bond acceptors (Lipinski definition) is 5. The van der Waals surface area contributed by atoms with E-state index in [1.54, 1.807) is 24.7 Å². The third kappa shape index (κ3) is 4.20. The summed E-state index contributed by atoms with van der Waals surface area (Å²) in [6.45, 7) is 1.77. The molecular formula is C27H22N4O3S. The number of amides is 1. The zero-order chi connectivity index (χ0) is 24.5. The fourth-order valence-electron chi connectivity index (χ4n) is 3.95. The number of ether oxygens (including phenoxy) is 1. The Bertz CT molecular complexity index is 1520. The van der Waals surface area contributed by atoms with E-state index in [2.05, 4.69) is 0 Å². The third-order valence-corrected chi connectivity index (χ3v) is 6.59. The highest BCUT2D eigenvalue weighted by Crippen LogP contribution is 2.36. The number of thioether (sulfide) groups is 1. The van der Waals surface area contributed by atoms with Crippen LogP contribution in [0.5, 0.6) is 11.5 Å². The number of aromatic nitrogens is 2.